The smallest absolute Gasteiger partial charge is 0.348 e. The molecule has 2 aromatic carbocycles. The average molecular weight is 415 g/mol. The van der Waals surface area contributed by atoms with Crippen LogP contribution >= 0.6 is 11.6 Å². The van der Waals surface area contributed by atoms with Gasteiger partial charge in [0, 0.05) is 30.3 Å². The number of urea groups is 1. The molecule has 0 spiro atoms. The molecule has 1 N–H and O–H groups in total. The number of amides is 3. The minimum Gasteiger partial charge on any atom is -0.431 e. The van der Waals surface area contributed by atoms with Crippen LogP contribution in [-0.2, 0) is 16.1 Å². The zero-order valence-electron chi connectivity index (χ0n) is 15.1. The van der Waals surface area contributed by atoms with Gasteiger partial charge in [0.05, 0.1) is 0 Å². The van der Waals surface area contributed by atoms with Gasteiger partial charge in [-0.2, -0.15) is 0 Å². The molecule has 0 atom stereocenters. The summed E-state index contributed by atoms with van der Waals surface area (Å²) in [5.74, 6) is -0.748. The van der Waals surface area contributed by atoms with Crippen LogP contribution in [0.4, 0.5) is 14.9 Å². The number of nitrogens with one attached hydrogen (secondary N) is 1. The normalized spacial score (nSPS) is 15.9. The molecule has 7 nitrogen and oxygen atoms in total. The minimum atomic E-state index is -0.489. The van der Waals surface area contributed by atoms with Gasteiger partial charge in [0.1, 0.15) is 17.8 Å². The van der Waals surface area contributed by atoms with Crippen molar-refractivity contribution in [2.45, 2.75) is 6.54 Å². The third kappa shape index (κ3) is 4.22. The number of amidine groups is 1. The van der Waals surface area contributed by atoms with Crippen LogP contribution in [0.5, 0.6) is 0 Å². The van der Waals surface area contributed by atoms with Crippen molar-refractivity contribution in [3.8, 4) is 0 Å². The Hall–Kier alpha value is -3.39. The molecule has 2 aliphatic rings. The lowest BCUT2D eigenvalue weighted by Crippen LogP contribution is -2.36. The van der Waals surface area contributed by atoms with Crippen LogP contribution in [0.15, 0.2) is 65.5 Å². The van der Waals surface area contributed by atoms with Gasteiger partial charge >= 0.3 is 12.1 Å². The first-order valence-electron chi connectivity index (χ1n) is 8.83. The van der Waals surface area contributed by atoms with Crippen molar-refractivity contribution in [3.05, 3.63) is 76.9 Å². The molecule has 0 fully saturated rings. The Morgan fingerprint density at radius 2 is 2.00 bits per heavy atom. The van der Waals surface area contributed by atoms with Crippen LogP contribution in [0, 0.1) is 5.82 Å². The second-order valence-corrected chi connectivity index (χ2v) is 6.90. The molecule has 4 rings (SSSR count). The van der Waals surface area contributed by atoms with Crippen LogP contribution in [-0.4, -0.2) is 40.8 Å². The van der Waals surface area contributed by atoms with Crippen molar-refractivity contribution in [1.82, 2.24) is 9.80 Å². The molecular weight excluding hydrogens is 399 g/mol. The van der Waals surface area contributed by atoms with E-state index >= 15 is 0 Å². The molecule has 2 aliphatic heterocycles. The second kappa shape index (κ2) is 7.92. The van der Waals surface area contributed by atoms with Crippen molar-refractivity contribution in [1.29, 1.82) is 0 Å². The number of ether oxygens (including phenoxy) is 1. The zero-order valence-corrected chi connectivity index (χ0v) is 15.9. The highest BCUT2D eigenvalue weighted by molar-refractivity contribution is 6.31. The van der Waals surface area contributed by atoms with Gasteiger partial charge in [-0.1, -0.05) is 29.8 Å². The molecule has 9 heteroatoms. The van der Waals surface area contributed by atoms with Gasteiger partial charge in [0.2, 0.25) is 0 Å². The van der Waals surface area contributed by atoms with Crippen LogP contribution in [0.2, 0.25) is 5.02 Å². The average Bonchev–Trinajstić information content (AvgIpc) is 3.02. The Bertz CT molecular complexity index is 1020. The van der Waals surface area contributed by atoms with E-state index in [1.165, 1.54) is 23.3 Å². The number of benzene rings is 2. The maximum absolute atomic E-state index is 13.1. The fourth-order valence-corrected chi connectivity index (χ4v) is 3.20. The van der Waals surface area contributed by atoms with E-state index in [1.54, 1.807) is 41.3 Å². The van der Waals surface area contributed by atoms with Crippen molar-refractivity contribution in [3.63, 3.8) is 0 Å². The maximum atomic E-state index is 13.1. The van der Waals surface area contributed by atoms with Crippen molar-refractivity contribution in [2.24, 2.45) is 4.99 Å². The van der Waals surface area contributed by atoms with Crippen molar-refractivity contribution < 1.29 is 18.7 Å². The highest BCUT2D eigenvalue weighted by atomic mass is 35.5. The molecule has 3 amide bonds. The summed E-state index contributed by atoms with van der Waals surface area (Å²) in [5.41, 5.74) is 1.55. The van der Waals surface area contributed by atoms with E-state index in [4.69, 9.17) is 16.3 Å². The fourth-order valence-electron chi connectivity index (χ4n) is 3.00. The number of hydrogen-bond acceptors (Lipinski definition) is 4. The number of carbonyl (C=O) groups excluding carboxylic acids is 2. The largest absolute Gasteiger partial charge is 0.431 e. The van der Waals surface area contributed by atoms with Gasteiger partial charge in [-0.3, -0.25) is 9.69 Å². The van der Waals surface area contributed by atoms with Crippen LogP contribution in [0.3, 0.4) is 0 Å². The number of hydrogen-bond donors (Lipinski definition) is 1. The summed E-state index contributed by atoms with van der Waals surface area (Å²) in [7, 11) is 0. The highest BCUT2D eigenvalue weighted by Crippen LogP contribution is 2.22. The second-order valence-electron chi connectivity index (χ2n) is 6.46. The summed E-state index contributed by atoms with van der Waals surface area (Å²) >= 11 is 5.94. The Labute approximate surface area is 171 Å². The molecule has 0 saturated heterocycles. The Morgan fingerprint density at radius 3 is 2.76 bits per heavy atom. The SMILES string of the molecule is O=C(Nc1cccc(Cl)c1)C1=COC2=NC(=O)N(Cc3ccc(F)cc3)CCN12. The topological polar surface area (TPSA) is 74.2 Å². The third-order valence-electron chi connectivity index (χ3n) is 4.45. The number of anilines is 1. The van der Waals surface area contributed by atoms with Crippen LogP contribution in [0.25, 0.3) is 0 Å². The Balaban J connectivity index is 1.45. The number of nitrogens with zero attached hydrogens (tertiary/aromatic N) is 3. The van der Waals surface area contributed by atoms with E-state index in [0.717, 1.165) is 5.56 Å². The number of rotatable bonds is 4. The first-order chi connectivity index (χ1) is 14.0. The Kier molecular flexibility index (Phi) is 5.18. The van der Waals surface area contributed by atoms with E-state index in [-0.39, 0.29) is 24.1 Å². The van der Waals surface area contributed by atoms with E-state index < -0.39 is 11.9 Å². The van der Waals surface area contributed by atoms with E-state index in [1.807, 2.05) is 0 Å². The molecular formula is C20H16ClFN4O3. The molecule has 0 saturated carbocycles. The summed E-state index contributed by atoms with van der Waals surface area (Å²) in [6.45, 7) is 0.909. The van der Waals surface area contributed by atoms with Gasteiger partial charge < -0.3 is 15.0 Å². The molecule has 0 aromatic heterocycles. The number of halogens is 2. The van der Waals surface area contributed by atoms with Crippen molar-refractivity contribution in [2.75, 3.05) is 18.4 Å². The maximum Gasteiger partial charge on any atom is 0.348 e. The van der Waals surface area contributed by atoms with Gasteiger partial charge in [-0.15, -0.1) is 4.99 Å². The zero-order chi connectivity index (χ0) is 20.4. The van der Waals surface area contributed by atoms with Gasteiger partial charge in [0.25, 0.3) is 5.91 Å². The molecule has 0 radical (unpaired) electrons. The first-order valence-corrected chi connectivity index (χ1v) is 9.21. The number of aliphatic imine (C=N–C) groups is 1. The molecule has 0 aliphatic carbocycles. The highest BCUT2D eigenvalue weighted by Gasteiger charge is 2.33. The molecule has 2 aromatic rings. The fraction of sp³-hybridized carbons (Fsp3) is 0.150. The number of carbonyl (C=O) groups is 2. The predicted molar refractivity (Wildman–Crippen MR) is 106 cm³/mol. The van der Waals surface area contributed by atoms with Crippen molar-refractivity contribution >= 4 is 35.2 Å². The minimum absolute atomic E-state index is 0.0489. The summed E-state index contributed by atoms with van der Waals surface area (Å²) in [4.78, 5) is 32.1. The molecule has 0 unspecified atom stereocenters. The van der Waals surface area contributed by atoms with Crippen LogP contribution in [0.1, 0.15) is 5.56 Å². The lowest BCUT2D eigenvalue weighted by atomic mass is 10.2. The summed E-state index contributed by atoms with van der Waals surface area (Å²) in [5, 5.41) is 3.24. The quantitative estimate of drug-likeness (QED) is 0.829. The van der Waals surface area contributed by atoms with Crippen LogP contribution < -0.4 is 5.32 Å². The summed E-state index contributed by atoms with van der Waals surface area (Å²) in [6.07, 6.45) is 1.27. The molecule has 148 valence electrons. The van der Waals surface area contributed by atoms with Gasteiger partial charge in [-0.05, 0) is 35.9 Å². The monoisotopic (exact) mass is 414 g/mol. The lowest BCUT2D eigenvalue weighted by molar-refractivity contribution is -0.113. The number of fused-ring (bicyclic) bond motifs is 1. The summed E-state index contributed by atoms with van der Waals surface area (Å²) in [6, 6.07) is 12.2. The standard InChI is InChI=1S/C20H16ClFN4O3/c21-14-2-1-3-16(10-14)23-18(27)17-12-29-20-24-19(28)25(8-9-26(17)20)11-13-4-6-15(22)7-5-13/h1-7,10,12H,8-9,11H2,(H,23,27). The van der Waals surface area contributed by atoms with Gasteiger partial charge in [-0.25, -0.2) is 9.18 Å². The molecule has 0 bridgehead atoms. The van der Waals surface area contributed by atoms with E-state index in [9.17, 15) is 14.0 Å². The van der Waals surface area contributed by atoms with Gasteiger partial charge in [0.15, 0.2) is 0 Å². The summed E-state index contributed by atoms with van der Waals surface area (Å²) < 4.78 is 18.4. The lowest BCUT2D eigenvalue weighted by Gasteiger charge is -2.21. The van der Waals surface area contributed by atoms with E-state index in [2.05, 4.69) is 10.3 Å². The molecule has 2 heterocycles. The third-order valence-corrected chi connectivity index (χ3v) is 4.69. The predicted octanol–water partition coefficient (Wildman–Crippen LogP) is 3.58. The van der Waals surface area contributed by atoms with E-state index in [0.29, 0.717) is 23.8 Å². The first kappa shape index (κ1) is 18.9. The molecule has 29 heavy (non-hydrogen) atoms. The Morgan fingerprint density at radius 1 is 1.21 bits per heavy atom.